The largest absolute Gasteiger partial charge is 0.469 e. The Balaban J connectivity index is 1.77. The van der Waals surface area contributed by atoms with Gasteiger partial charge in [0, 0.05) is 5.69 Å². The number of amides is 3. The molecular weight excluding hydrogens is 412 g/mol. The number of carbonyl (C=O) groups is 4. The Labute approximate surface area is 184 Å². The van der Waals surface area contributed by atoms with Crippen LogP contribution in [-0.2, 0) is 34.7 Å². The van der Waals surface area contributed by atoms with Crippen molar-refractivity contribution in [2.45, 2.75) is 37.2 Å². The normalized spacial score (nSPS) is 27.2. The van der Waals surface area contributed by atoms with E-state index in [0.29, 0.717) is 22.5 Å². The second kappa shape index (κ2) is 6.18. The predicted octanol–water partition coefficient (Wildman–Crippen LogP) is 2.90. The van der Waals surface area contributed by atoms with E-state index in [9.17, 15) is 19.2 Å². The van der Waals surface area contributed by atoms with E-state index in [1.165, 1.54) is 7.11 Å². The number of carbonyl (C=O) groups excluding carboxylic acids is 4. The minimum Gasteiger partial charge on any atom is -0.469 e. The number of fused-ring (bicyclic) bond motifs is 5. The molecule has 32 heavy (non-hydrogen) atoms. The van der Waals surface area contributed by atoms with Crippen LogP contribution in [0.4, 0.5) is 16.2 Å². The van der Waals surface area contributed by atoms with Crippen LogP contribution in [0.3, 0.4) is 0 Å². The summed E-state index contributed by atoms with van der Waals surface area (Å²) in [4.78, 5) is 54.6. The zero-order valence-electron chi connectivity index (χ0n) is 18.1. The molecule has 0 saturated heterocycles. The van der Waals surface area contributed by atoms with Crippen molar-refractivity contribution in [1.29, 1.82) is 0 Å². The first kappa shape index (κ1) is 20.2. The molecule has 3 aliphatic rings. The molecule has 3 atom stereocenters. The van der Waals surface area contributed by atoms with Crippen molar-refractivity contribution in [2.75, 3.05) is 17.3 Å². The second-order valence-corrected chi connectivity index (χ2v) is 9.21. The van der Waals surface area contributed by atoms with E-state index in [2.05, 4.69) is 5.32 Å². The summed E-state index contributed by atoms with van der Waals surface area (Å²) in [6.45, 7) is 5.09. The fraction of sp³-hybridized carbons (Fsp3) is 0.333. The molecule has 0 radical (unpaired) electrons. The molecule has 2 aromatic rings. The molecule has 0 bridgehead atoms. The van der Waals surface area contributed by atoms with E-state index < -0.39 is 46.2 Å². The van der Waals surface area contributed by atoms with Gasteiger partial charge in [-0.1, -0.05) is 36.4 Å². The highest BCUT2D eigenvalue weighted by Gasteiger charge is 2.92. The summed E-state index contributed by atoms with van der Waals surface area (Å²) in [6, 6.07) is 13.7. The third-order valence-corrected chi connectivity index (χ3v) is 6.49. The summed E-state index contributed by atoms with van der Waals surface area (Å²) in [5.41, 5.74) is -2.17. The van der Waals surface area contributed by atoms with Crippen molar-refractivity contribution < 1.29 is 28.7 Å². The van der Waals surface area contributed by atoms with E-state index in [1.54, 1.807) is 69.3 Å². The summed E-state index contributed by atoms with van der Waals surface area (Å²) in [5.74, 6) is -2.95. The maximum absolute atomic E-state index is 14.1. The van der Waals surface area contributed by atoms with Gasteiger partial charge in [0.05, 0.1) is 18.7 Å². The van der Waals surface area contributed by atoms with Crippen molar-refractivity contribution in [3.63, 3.8) is 0 Å². The SMILES string of the molecule is COC(=O)[C@@H]1[C@]2(C(=O)Nc3ccccc32)[C@@]12C(=O)N(C(=O)OC(C)(C)C)c1ccccc12. The van der Waals surface area contributed by atoms with Gasteiger partial charge in [-0.2, -0.15) is 0 Å². The smallest absolute Gasteiger partial charge is 0.421 e. The van der Waals surface area contributed by atoms with Crippen LogP contribution in [0.25, 0.3) is 0 Å². The van der Waals surface area contributed by atoms with E-state index >= 15 is 0 Å². The van der Waals surface area contributed by atoms with Crippen LogP contribution in [0.5, 0.6) is 0 Å². The number of hydrogen-bond acceptors (Lipinski definition) is 6. The Morgan fingerprint density at radius 1 is 0.969 bits per heavy atom. The summed E-state index contributed by atoms with van der Waals surface area (Å²) in [6.07, 6.45) is -0.857. The Kier molecular flexibility index (Phi) is 3.91. The number of nitrogens with zero attached hydrogens (tertiary/aromatic N) is 1. The second-order valence-electron chi connectivity index (χ2n) is 9.21. The summed E-state index contributed by atoms with van der Waals surface area (Å²) >= 11 is 0. The van der Waals surface area contributed by atoms with Gasteiger partial charge in [-0.3, -0.25) is 14.4 Å². The molecule has 164 valence electrons. The maximum atomic E-state index is 14.1. The molecule has 2 aliphatic heterocycles. The lowest BCUT2D eigenvalue weighted by Crippen LogP contribution is -2.44. The Morgan fingerprint density at radius 2 is 1.59 bits per heavy atom. The lowest BCUT2D eigenvalue weighted by atomic mass is 9.83. The standard InChI is InChI=1S/C24H22N2O6/c1-22(2,3)32-21(30)26-16-12-8-6-10-14(16)24(20(26)29)17(18(27)31-4)23(24)13-9-5-7-11-15(13)25-19(23)28/h5-12,17H,1-4H3,(H,25,28)/t17-,23-,24-/m1/s1. The number of benzene rings is 2. The van der Waals surface area contributed by atoms with Crippen LogP contribution in [0.1, 0.15) is 31.9 Å². The van der Waals surface area contributed by atoms with Gasteiger partial charge < -0.3 is 14.8 Å². The highest BCUT2D eigenvalue weighted by Crippen LogP contribution is 2.77. The van der Waals surface area contributed by atoms with Crippen LogP contribution < -0.4 is 10.2 Å². The molecule has 0 aromatic heterocycles. The van der Waals surface area contributed by atoms with E-state index in [1.807, 2.05) is 0 Å². The molecule has 8 heteroatoms. The Morgan fingerprint density at radius 3 is 2.25 bits per heavy atom. The monoisotopic (exact) mass is 434 g/mol. The average molecular weight is 434 g/mol. The van der Waals surface area contributed by atoms with Crippen molar-refractivity contribution >= 4 is 35.3 Å². The molecule has 1 saturated carbocycles. The number of nitrogens with one attached hydrogen (secondary N) is 1. The third kappa shape index (κ3) is 2.16. The zero-order valence-corrected chi connectivity index (χ0v) is 18.1. The maximum Gasteiger partial charge on any atom is 0.421 e. The first-order valence-electron chi connectivity index (χ1n) is 10.3. The first-order chi connectivity index (χ1) is 15.1. The van der Waals surface area contributed by atoms with Gasteiger partial charge in [-0.25, -0.2) is 9.69 Å². The van der Waals surface area contributed by atoms with Crippen LogP contribution in [0.2, 0.25) is 0 Å². The number of anilines is 2. The minimum absolute atomic E-state index is 0.301. The molecule has 3 amide bonds. The minimum atomic E-state index is -1.61. The van der Waals surface area contributed by atoms with Crippen molar-refractivity contribution in [3.8, 4) is 0 Å². The number of para-hydroxylation sites is 2. The third-order valence-electron chi connectivity index (χ3n) is 6.49. The van der Waals surface area contributed by atoms with E-state index in [4.69, 9.17) is 9.47 Å². The molecular formula is C24H22N2O6. The van der Waals surface area contributed by atoms with Gasteiger partial charge in [0.15, 0.2) is 0 Å². The number of ether oxygens (including phenoxy) is 2. The van der Waals surface area contributed by atoms with Gasteiger partial charge in [0.25, 0.3) is 0 Å². The molecule has 1 N–H and O–H groups in total. The van der Waals surface area contributed by atoms with Crippen molar-refractivity contribution in [1.82, 2.24) is 0 Å². The van der Waals surface area contributed by atoms with Gasteiger partial charge in [-0.05, 0) is 44.0 Å². The predicted molar refractivity (Wildman–Crippen MR) is 114 cm³/mol. The van der Waals surface area contributed by atoms with Crippen LogP contribution >= 0.6 is 0 Å². The molecule has 1 fully saturated rings. The van der Waals surface area contributed by atoms with E-state index in [0.717, 1.165) is 4.90 Å². The number of esters is 1. The first-order valence-corrected chi connectivity index (χ1v) is 10.3. The summed E-state index contributed by atoms with van der Waals surface area (Å²) < 4.78 is 10.5. The molecule has 1 aliphatic carbocycles. The number of hydrogen-bond donors (Lipinski definition) is 1. The molecule has 2 spiro atoms. The van der Waals surface area contributed by atoms with Crippen LogP contribution in [-0.4, -0.2) is 36.6 Å². The Bertz CT molecular complexity index is 1210. The highest BCUT2D eigenvalue weighted by atomic mass is 16.6. The molecule has 2 heterocycles. The molecule has 2 aromatic carbocycles. The highest BCUT2D eigenvalue weighted by molar-refractivity contribution is 6.31. The summed E-state index contributed by atoms with van der Waals surface area (Å²) in [5, 5.41) is 2.81. The van der Waals surface area contributed by atoms with Gasteiger partial charge in [0.1, 0.15) is 16.4 Å². The zero-order chi connectivity index (χ0) is 23.1. The van der Waals surface area contributed by atoms with Crippen LogP contribution in [0.15, 0.2) is 48.5 Å². The lowest BCUT2D eigenvalue weighted by Gasteiger charge is -2.24. The fourth-order valence-electron chi connectivity index (χ4n) is 5.46. The Hall–Kier alpha value is -3.68. The van der Waals surface area contributed by atoms with Crippen LogP contribution in [0, 0.1) is 5.92 Å². The lowest BCUT2D eigenvalue weighted by molar-refractivity contribution is -0.144. The van der Waals surface area contributed by atoms with Gasteiger partial charge in [-0.15, -0.1) is 0 Å². The fourth-order valence-corrected chi connectivity index (χ4v) is 5.46. The van der Waals surface area contributed by atoms with Gasteiger partial charge in [0.2, 0.25) is 11.8 Å². The average Bonchev–Trinajstić information content (AvgIpc) is 3.16. The number of methoxy groups -OCH3 is 1. The van der Waals surface area contributed by atoms with Crippen molar-refractivity contribution in [2.24, 2.45) is 5.92 Å². The number of imide groups is 1. The topological polar surface area (TPSA) is 102 Å². The summed E-state index contributed by atoms with van der Waals surface area (Å²) in [7, 11) is 1.22. The quantitative estimate of drug-likeness (QED) is 0.693. The molecule has 0 unspecified atom stereocenters. The van der Waals surface area contributed by atoms with Gasteiger partial charge >= 0.3 is 12.1 Å². The van der Waals surface area contributed by atoms with Crippen molar-refractivity contribution in [3.05, 3.63) is 59.7 Å². The molecule has 8 nitrogen and oxygen atoms in total. The molecule has 5 rings (SSSR count). The number of rotatable bonds is 1. The van der Waals surface area contributed by atoms with E-state index in [-0.39, 0.29) is 0 Å².